The van der Waals surface area contributed by atoms with Crippen LogP contribution in [0.1, 0.15) is 17.7 Å². The van der Waals surface area contributed by atoms with E-state index in [4.69, 9.17) is 0 Å². The lowest BCUT2D eigenvalue weighted by atomic mass is 10.1. The number of nitrogens with one attached hydrogen (secondary N) is 3. The van der Waals surface area contributed by atoms with E-state index in [1.165, 1.54) is 0 Å². The van der Waals surface area contributed by atoms with Crippen LogP contribution in [-0.2, 0) is 22.6 Å². The zero-order valence-electron chi connectivity index (χ0n) is 14.6. The predicted octanol–water partition coefficient (Wildman–Crippen LogP) is 0.683. The van der Waals surface area contributed by atoms with Crippen molar-refractivity contribution < 1.29 is 9.59 Å². The van der Waals surface area contributed by atoms with Crippen molar-refractivity contribution in [3.8, 4) is 0 Å². The molecule has 3 aromatic rings. The molecule has 0 atom stereocenters. The van der Waals surface area contributed by atoms with Crippen LogP contribution in [0, 0.1) is 0 Å². The smallest absolute Gasteiger partial charge is 0.272 e. The molecule has 8 heteroatoms. The fourth-order valence-corrected chi connectivity index (χ4v) is 2.63. The molecule has 0 bridgehead atoms. The number of hydrogen-bond acceptors (Lipinski definition) is 5. The molecular weight excluding hydrogens is 346 g/mol. The largest absolute Gasteiger partial charge is 0.355 e. The van der Waals surface area contributed by atoms with E-state index in [9.17, 15) is 14.4 Å². The van der Waals surface area contributed by atoms with Gasteiger partial charge in [-0.05, 0) is 17.7 Å². The van der Waals surface area contributed by atoms with Gasteiger partial charge in [-0.1, -0.05) is 24.3 Å². The molecule has 2 heterocycles. The molecule has 0 fully saturated rings. The van der Waals surface area contributed by atoms with Crippen LogP contribution < -0.4 is 16.2 Å². The first-order valence-electron chi connectivity index (χ1n) is 8.52. The Morgan fingerprint density at radius 1 is 1.00 bits per heavy atom. The first kappa shape index (κ1) is 18.2. The predicted molar refractivity (Wildman–Crippen MR) is 99.8 cm³/mol. The van der Waals surface area contributed by atoms with Crippen LogP contribution >= 0.6 is 0 Å². The van der Waals surface area contributed by atoms with Crippen LogP contribution in [0.15, 0.2) is 53.6 Å². The van der Waals surface area contributed by atoms with Crippen molar-refractivity contribution in [1.29, 1.82) is 0 Å². The van der Waals surface area contributed by atoms with Crippen LogP contribution in [-0.4, -0.2) is 33.5 Å². The minimum absolute atomic E-state index is 0.0224. The zero-order chi connectivity index (χ0) is 19.1. The van der Waals surface area contributed by atoms with Gasteiger partial charge in [-0.25, -0.2) is 5.10 Å². The monoisotopic (exact) mass is 365 g/mol. The highest BCUT2D eigenvalue weighted by Gasteiger charge is 2.11. The van der Waals surface area contributed by atoms with Gasteiger partial charge < -0.3 is 10.6 Å². The molecule has 2 aromatic heterocycles. The molecule has 0 aliphatic heterocycles. The summed E-state index contributed by atoms with van der Waals surface area (Å²) in [7, 11) is 0. The number of carbonyl (C=O) groups excluding carboxylic acids is 2. The van der Waals surface area contributed by atoms with Crippen molar-refractivity contribution in [1.82, 2.24) is 25.8 Å². The van der Waals surface area contributed by atoms with E-state index in [0.717, 1.165) is 5.56 Å². The summed E-state index contributed by atoms with van der Waals surface area (Å²) in [5, 5.41) is 13.0. The standard InChI is InChI=1S/C19H19N5O3/c25-17(22-12-13-4-3-8-20-11-13)7-9-21-18(26)10-16-14-5-1-2-6-15(14)19(27)24-23-16/h1-6,8,11H,7,9-10,12H2,(H,21,26)(H,22,25)(H,24,27). The summed E-state index contributed by atoms with van der Waals surface area (Å²) in [5.41, 5.74) is 1.11. The van der Waals surface area contributed by atoms with Crippen molar-refractivity contribution in [3.05, 3.63) is 70.4 Å². The van der Waals surface area contributed by atoms with Gasteiger partial charge in [0.1, 0.15) is 0 Å². The molecule has 0 aliphatic rings. The topological polar surface area (TPSA) is 117 Å². The molecule has 0 saturated carbocycles. The first-order valence-corrected chi connectivity index (χ1v) is 8.52. The minimum Gasteiger partial charge on any atom is -0.355 e. The molecule has 0 aliphatic carbocycles. The second-order valence-corrected chi connectivity index (χ2v) is 5.96. The molecule has 8 nitrogen and oxygen atoms in total. The first-order chi connectivity index (χ1) is 13.1. The zero-order valence-corrected chi connectivity index (χ0v) is 14.6. The lowest BCUT2D eigenvalue weighted by molar-refractivity contribution is -0.122. The molecule has 3 rings (SSSR count). The van der Waals surface area contributed by atoms with Gasteiger partial charge >= 0.3 is 0 Å². The van der Waals surface area contributed by atoms with Crippen LogP contribution in [0.25, 0.3) is 10.8 Å². The van der Waals surface area contributed by atoms with E-state index in [0.29, 0.717) is 23.0 Å². The van der Waals surface area contributed by atoms with Gasteiger partial charge in [0.2, 0.25) is 11.8 Å². The SMILES string of the molecule is O=C(CCNC(=O)Cc1n[nH]c(=O)c2ccccc12)NCc1cccnc1. The minimum atomic E-state index is -0.292. The van der Waals surface area contributed by atoms with Gasteiger partial charge in [-0.3, -0.25) is 19.4 Å². The highest BCUT2D eigenvalue weighted by molar-refractivity contribution is 5.88. The summed E-state index contributed by atoms with van der Waals surface area (Å²) in [6.45, 7) is 0.618. The Bertz CT molecular complexity index is 1000. The van der Waals surface area contributed by atoms with Crippen molar-refractivity contribution in [2.45, 2.75) is 19.4 Å². The van der Waals surface area contributed by atoms with Crippen molar-refractivity contribution in [3.63, 3.8) is 0 Å². The molecule has 1 aromatic carbocycles. The molecule has 0 radical (unpaired) electrons. The third-order valence-corrected chi connectivity index (χ3v) is 3.99. The van der Waals surface area contributed by atoms with E-state index < -0.39 is 0 Å². The number of rotatable bonds is 7. The van der Waals surface area contributed by atoms with Gasteiger partial charge in [0, 0.05) is 37.3 Å². The number of nitrogens with zero attached hydrogens (tertiary/aromatic N) is 2. The molecule has 2 amide bonds. The van der Waals surface area contributed by atoms with Gasteiger partial charge in [0.25, 0.3) is 5.56 Å². The fraction of sp³-hybridized carbons (Fsp3) is 0.211. The van der Waals surface area contributed by atoms with Crippen molar-refractivity contribution in [2.75, 3.05) is 6.54 Å². The maximum Gasteiger partial charge on any atom is 0.272 e. The summed E-state index contributed by atoms with van der Waals surface area (Å²) < 4.78 is 0. The number of aromatic amines is 1. The Balaban J connectivity index is 1.47. The van der Waals surface area contributed by atoms with E-state index >= 15 is 0 Å². The summed E-state index contributed by atoms with van der Waals surface area (Å²) in [4.78, 5) is 39.7. The van der Waals surface area contributed by atoms with Gasteiger partial charge in [0.15, 0.2) is 0 Å². The average molecular weight is 365 g/mol. The van der Waals surface area contributed by atoms with E-state index in [-0.39, 0.29) is 36.8 Å². The maximum absolute atomic E-state index is 12.1. The normalized spacial score (nSPS) is 10.5. The van der Waals surface area contributed by atoms with E-state index in [2.05, 4.69) is 25.8 Å². The Hall–Kier alpha value is -3.55. The molecule has 0 unspecified atom stereocenters. The van der Waals surface area contributed by atoms with E-state index in [1.54, 1.807) is 42.7 Å². The van der Waals surface area contributed by atoms with Gasteiger partial charge in [-0.2, -0.15) is 5.10 Å². The molecule has 27 heavy (non-hydrogen) atoms. The number of hydrogen-bond donors (Lipinski definition) is 3. The van der Waals surface area contributed by atoms with Gasteiger partial charge in [0.05, 0.1) is 17.5 Å². The number of H-pyrrole nitrogens is 1. The van der Waals surface area contributed by atoms with Crippen molar-refractivity contribution in [2.24, 2.45) is 0 Å². The van der Waals surface area contributed by atoms with Crippen LogP contribution in [0.5, 0.6) is 0 Å². The van der Waals surface area contributed by atoms with Crippen LogP contribution in [0.4, 0.5) is 0 Å². The highest BCUT2D eigenvalue weighted by Crippen LogP contribution is 2.12. The van der Waals surface area contributed by atoms with Crippen molar-refractivity contribution >= 4 is 22.6 Å². The molecule has 138 valence electrons. The lowest BCUT2D eigenvalue weighted by Crippen LogP contribution is -2.31. The summed E-state index contributed by atoms with van der Waals surface area (Å²) in [6.07, 6.45) is 3.55. The summed E-state index contributed by atoms with van der Waals surface area (Å²) in [6, 6.07) is 10.7. The Morgan fingerprint density at radius 3 is 2.59 bits per heavy atom. The lowest BCUT2D eigenvalue weighted by Gasteiger charge is -2.07. The highest BCUT2D eigenvalue weighted by atomic mass is 16.2. The third-order valence-electron chi connectivity index (χ3n) is 3.99. The Kier molecular flexibility index (Phi) is 5.88. The van der Waals surface area contributed by atoms with E-state index in [1.807, 2.05) is 6.07 Å². The fourth-order valence-electron chi connectivity index (χ4n) is 2.63. The number of fused-ring (bicyclic) bond motifs is 1. The summed E-state index contributed by atoms with van der Waals surface area (Å²) in [5.74, 6) is -0.425. The second kappa shape index (κ2) is 8.70. The maximum atomic E-state index is 12.1. The molecule has 3 N–H and O–H groups in total. The Morgan fingerprint density at radius 2 is 1.81 bits per heavy atom. The van der Waals surface area contributed by atoms with Crippen LogP contribution in [0.3, 0.4) is 0 Å². The average Bonchev–Trinajstić information content (AvgIpc) is 2.69. The number of carbonyl (C=O) groups is 2. The second-order valence-electron chi connectivity index (χ2n) is 5.96. The van der Waals surface area contributed by atoms with Crippen LogP contribution in [0.2, 0.25) is 0 Å². The third kappa shape index (κ3) is 4.97. The quantitative estimate of drug-likeness (QED) is 0.569. The molecular formula is C19H19N5O3. The molecule has 0 spiro atoms. The number of pyridine rings is 1. The molecule has 0 saturated heterocycles. The summed E-state index contributed by atoms with van der Waals surface area (Å²) >= 11 is 0. The number of aromatic nitrogens is 3. The Labute approximate surface area is 155 Å². The number of amides is 2. The van der Waals surface area contributed by atoms with Gasteiger partial charge in [-0.15, -0.1) is 0 Å². The number of benzene rings is 1.